The molecule has 2 rings (SSSR count). The SMILES string of the molecule is NC(c1cc(F)cc(F)c1)c1cc(Br)ccc1I. The molecule has 0 aromatic heterocycles. The highest BCUT2D eigenvalue weighted by atomic mass is 127. The summed E-state index contributed by atoms with van der Waals surface area (Å²) in [6, 6.07) is 8.44. The molecule has 2 aromatic carbocycles. The van der Waals surface area contributed by atoms with Gasteiger partial charge in [-0.05, 0) is 64.0 Å². The first kappa shape index (κ1) is 13.9. The molecule has 1 atom stereocenters. The van der Waals surface area contributed by atoms with Crippen LogP contribution in [0.2, 0.25) is 0 Å². The summed E-state index contributed by atoms with van der Waals surface area (Å²) >= 11 is 5.51. The molecule has 2 aromatic rings. The Bertz CT molecular complexity index is 569. The lowest BCUT2D eigenvalue weighted by Crippen LogP contribution is -2.14. The van der Waals surface area contributed by atoms with Crippen LogP contribution in [0, 0.1) is 15.2 Å². The minimum atomic E-state index is -0.620. The van der Waals surface area contributed by atoms with E-state index in [1.807, 2.05) is 18.2 Å². The van der Waals surface area contributed by atoms with Crippen LogP contribution in [0.1, 0.15) is 17.2 Å². The first-order chi connectivity index (χ1) is 8.47. The minimum absolute atomic E-state index is 0.420. The third-order valence-electron chi connectivity index (χ3n) is 2.54. The zero-order valence-corrected chi connectivity index (χ0v) is 12.9. The van der Waals surface area contributed by atoms with E-state index in [4.69, 9.17) is 5.73 Å². The molecule has 0 fully saturated rings. The van der Waals surface area contributed by atoms with E-state index < -0.39 is 17.7 Å². The smallest absolute Gasteiger partial charge is 0.126 e. The third kappa shape index (κ3) is 3.07. The van der Waals surface area contributed by atoms with E-state index >= 15 is 0 Å². The van der Waals surface area contributed by atoms with Gasteiger partial charge in [0.25, 0.3) is 0 Å². The van der Waals surface area contributed by atoms with Gasteiger partial charge >= 0.3 is 0 Å². The third-order valence-corrected chi connectivity index (χ3v) is 4.01. The zero-order valence-electron chi connectivity index (χ0n) is 9.13. The summed E-state index contributed by atoms with van der Waals surface area (Å²) in [6.07, 6.45) is 0. The van der Waals surface area contributed by atoms with Gasteiger partial charge in [0.15, 0.2) is 0 Å². The molecule has 0 aliphatic rings. The average molecular weight is 424 g/mol. The van der Waals surface area contributed by atoms with E-state index in [0.717, 1.165) is 19.7 Å². The van der Waals surface area contributed by atoms with Crippen LogP contribution >= 0.6 is 38.5 Å². The molecule has 0 amide bonds. The van der Waals surface area contributed by atoms with Gasteiger partial charge < -0.3 is 5.73 Å². The molecular weight excluding hydrogens is 415 g/mol. The van der Waals surface area contributed by atoms with Crippen LogP contribution in [0.25, 0.3) is 0 Å². The standard InChI is InChI=1S/C13H9BrF2IN/c14-8-1-2-12(17)11(5-8)13(18)7-3-9(15)6-10(16)4-7/h1-6,13H,18H2. The lowest BCUT2D eigenvalue weighted by Gasteiger charge is -2.15. The van der Waals surface area contributed by atoms with Crippen molar-refractivity contribution in [1.29, 1.82) is 0 Å². The number of benzene rings is 2. The van der Waals surface area contributed by atoms with Crippen molar-refractivity contribution in [2.75, 3.05) is 0 Å². The van der Waals surface area contributed by atoms with Gasteiger partial charge in [0.1, 0.15) is 11.6 Å². The van der Waals surface area contributed by atoms with Gasteiger partial charge in [-0.1, -0.05) is 15.9 Å². The average Bonchev–Trinajstić information content (AvgIpc) is 2.30. The molecule has 0 saturated heterocycles. The van der Waals surface area contributed by atoms with Crippen LogP contribution in [-0.2, 0) is 0 Å². The number of halogens is 4. The lowest BCUT2D eigenvalue weighted by atomic mass is 9.99. The summed E-state index contributed by atoms with van der Waals surface area (Å²) in [5.41, 5.74) is 7.31. The highest BCUT2D eigenvalue weighted by Crippen LogP contribution is 2.27. The van der Waals surface area contributed by atoms with Gasteiger partial charge in [-0.25, -0.2) is 8.78 Å². The van der Waals surface area contributed by atoms with Crippen LogP contribution in [0.3, 0.4) is 0 Å². The van der Waals surface area contributed by atoms with Crippen molar-refractivity contribution in [3.05, 3.63) is 67.2 Å². The Morgan fingerprint density at radius 2 is 1.67 bits per heavy atom. The predicted molar refractivity (Wildman–Crippen MR) is 79.2 cm³/mol. The van der Waals surface area contributed by atoms with Gasteiger partial charge in [-0.15, -0.1) is 0 Å². The number of nitrogens with two attached hydrogens (primary N) is 1. The van der Waals surface area contributed by atoms with Crippen molar-refractivity contribution in [2.45, 2.75) is 6.04 Å². The highest BCUT2D eigenvalue weighted by Gasteiger charge is 2.14. The van der Waals surface area contributed by atoms with E-state index in [1.165, 1.54) is 12.1 Å². The Labute approximate surface area is 126 Å². The molecule has 94 valence electrons. The summed E-state index contributed by atoms with van der Waals surface area (Å²) in [5, 5.41) is 0. The van der Waals surface area contributed by atoms with Crippen molar-refractivity contribution < 1.29 is 8.78 Å². The first-order valence-electron chi connectivity index (χ1n) is 5.14. The topological polar surface area (TPSA) is 26.0 Å². The number of hydrogen-bond donors (Lipinski definition) is 1. The summed E-state index contributed by atoms with van der Waals surface area (Å²) in [7, 11) is 0. The van der Waals surface area contributed by atoms with Gasteiger partial charge in [0, 0.05) is 14.1 Å². The Kier molecular flexibility index (Phi) is 4.34. The maximum Gasteiger partial charge on any atom is 0.126 e. The molecule has 0 bridgehead atoms. The second-order valence-corrected chi connectivity index (χ2v) is 5.92. The molecule has 18 heavy (non-hydrogen) atoms. The van der Waals surface area contributed by atoms with Gasteiger partial charge in [-0.2, -0.15) is 0 Å². The van der Waals surface area contributed by atoms with E-state index in [1.54, 1.807) is 0 Å². The normalized spacial score (nSPS) is 12.5. The minimum Gasteiger partial charge on any atom is -0.320 e. The second kappa shape index (κ2) is 5.63. The Balaban J connectivity index is 2.47. The van der Waals surface area contributed by atoms with E-state index in [2.05, 4.69) is 38.5 Å². The van der Waals surface area contributed by atoms with Gasteiger partial charge in [0.05, 0.1) is 6.04 Å². The number of hydrogen-bond acceptors (Lipinski definition) is 1. The van der Waals surface area contributed by atoms with E-state index in [-0.39, 0.29) is 0 Å². The lowest BCUT2D eigenvalue weighted by molar-refractivity contribution is 0.577. The van der Waals surface area contributed by atoms with Crippen molar-refractivity contribution >= 4 is 38.5 Å². The fraction of sp³-hybridized carbons (Fsp3) is 0.0769. The molecular formula is C13H9BrF2IN. The largest absolute Gasteiger partial charge is 0.320 e. The molecule has 0 saturated carbocycles. The van der Waals surface area contributed by atoms with Gasteiger partial charge in [0.2, 0.25) is 0 Å². The molecule has 5 heteroatoms. The van der Waals surface area contributed by atoms with E-state index in [0.29, 0.717) is 5.56 Å². The molecule has 0 aliphatic heterocycles. The molecule has 1 unspecified atom stereocenters. The van der Waals surface area contributed by atoms with Crippen LogP contribution in [0.5, 0.6) is 0 Å². The second-order valence-electron chi connectivity index (χ2n) is 3.85. The Morgan fingerprint density at radius 3 is 2.28 bits per heavy atom. The first-order valence-corrected chi connectivity index (χ1v) is 7.01. The maximum atomic E-state index is 13.2. The molecule has 2 N–H and O–H groups in total. The summed E-state index contributed by atoms with van der Waals surface area (Å²) < 4.78 is 28.2. The Hall–Kier alpha value is -0.530. The van der Waals surface area contributed by atoms with Crippen molar-refractivity contribution in [3.8, 4) is 0 Å². The fourth-order valence-electron chi connectivity index (χ4n) is 1.69. The Morgan fingerprint density at radius 1 is 1.06 bits per heavy atom. The van der Waals surface area contributed by atoms with Crippen molar-refractivity contribution in [3.63, 3.8) is 0 Å². The monoisotopic (exact) mass is 423 g/mol. The van der Waals surface area contributed by atoms with Crippen LogP contribution < -0.4 is 5.73 Å². The molecule has 0 radical (unpaired) electrons. The summed E-state index contributed by atoms with van der Waals surface area (Å²) in [5.74, 6) is -1.24. The number of rotatable bonds is 2. The summed E-state index contributed by atoms with van der Waals surface area (Å²) in [4.78, 5) is 0. The molecule has 1 nitrogen and oxygen atoms in total. The molecule has 0 heterocycles. The van der Waals surface area contributed by atoms with Crippen LogP contribution in [0.15, 0.2) is 40.9 Å². The van der Waals surface area contributed by atoms with Gasteiger partial charge in [-0.3, -0.25) is 0 Å². The van der Waals surface area contributed by atoms with Crippen molar-refractivity contribution in [2.24, 2.45) is 5.73 Å². The summed E-state index contributed by atoms with van der Waals surface area (Å²) in [6.45, 7) is 0. The quantitative estimate of drug-likeness (QED) is 0.712. The maximum absolute atomic E-state index is 13.2. The van der Waals surface area contributed by atoms with Crippen LogP contribution in [0.4, 0.5) is 8.78 Å². The van der Waals surface area contributed by atoms with Crippen LogP contribution in [-0.4, -0.2) is 0 Å². The highest BCUT2D eigenvalue weighted by molar-refractivity contribution is 14.1. The fourth-order valence-corrected chi connectivity index (χ4v) is 2.74. The predicted octanol–water partition coefficient (Wildman–Crippen LogP) is 4.38. The zero-order chi connectivity index (χ0) is 13.3. The molecule has 0 spiro atoms. The van der Waals surface area contributed by atoms with Crippen molar-refractivity contribution in [1.82, 2.24) is 0 Å². The molecule has 0 aliphatic carbocycles. The van der Waals surface area contributed by atoms with E-state index in [9.17, 15) is 8.78 Å².